The third-order valence-electron chi connectivity index (χ3n) is 4.45. The number of carbonyl (C=O) groups is 3. The number of ether oxygens (including phenoxy) is 3. The molecular formula is C23H23N3O7S. The minimum atomic E-state index is -1.05. The van der Waals surface area contributed by atoms with Gasteiger partial charge in [-0.3, -0.25) is 9.59 Å². The number of methoxy groups -OCH3 is 1. The molecule has 0 spiro atoms. The first kappa shape index (κ1) is 24.8. The highest BCUT2D eigenvalue weighted by molar-refractivity contribution is 8.15. The van der Waals surface area contributed by atoms with Crippen molar-refractivity contribution in [3.8, 4) is 11.5 Å². The molecule has 1 aliphatic heterocycles. The summed E-state index contributed by atoms with van der Waals surface area (Å²) in [5.41, 5.74) is 1.21. The molecule has 1 heterocycles. The number of nitrogens with zero attached hydrogens (tertiary/aromatic N) is 2. The maximum Gasteiger partial charge on any atom is 0.337 e. The van der Waals surface area contributed by atoms with Crippen LogP contribution in [0.3, 0.4) is 0 Å². The van der Waals surface area contributed by atoms with Gasteiger partial charge in [0.05, 0.1) is 38.5 Å². The molecule has 2 N–H and O–H groups in total. The van der Waals surface area contributed by atoms with E-state index in [9.17, 15) is 14.4 Å². The zero-order chi connectivity index (χ0) is 24.3. The maximum absolute atomic E-state index is 11.7. The number of amides is 1. The fourth-order valence-electron chi connectivity index (χ4n) is 2.82. The van der Waals surface area contributed by atoms with Gasteiger partial charge in [-0.25, -0.2) is 4.79 Å². The van der Waals surface area contributed by atoms with Crippen molar-refractivity contribution in [3.05, 3.63) is 59.7 Å². The predicted octanol–water partition coefficient (Wildman–Crippen LogP) is 2.72. The van der Waals surface area contributed by atoms with Crippen molar-refractivity contribution in [2.24, 2.45) is 10.2 Å². The molecule has 10 nitrogen and oxygen atoms in total. The number of thioether (sulfide) groups is 1. The van der Waals surface area contributed by atoms with Crippen LogP contribution in [0, 0.1) is 0 Å². The summed E-state index contributed by atoms with van der Waals surface area (Å²) in [6, 6.07) is 14.0. The minimum Gasteiger partial charge on any atom is -0.493 e. The van der Waals surface area contributed by atoms with Crippen LogP contribution in [0.25, 0.3) is 0 Å². The first-order valence-corrected chi connectivity index (χ1v) is 11.2. The van der Waals surface area contributed by atoms with E-state index in [0.717, 1.165) is 17.3 Å². The van der Waals surface area contributed by atoms with E-state index < -0.39 is 17.2 Å². The maximum atomic E-state index is 11.7. The second-order valence-electron chi connectivity index (χ2n) is 6.98. The molecule has 0 aliphatic carbocycles. The van der Waals surface area contributed by atoms with Crippen LogP contribution in [0.2, 0.25) is 0 Å². The van der Waals surface area contributed by atoms with Crippen molar-refractivity contribution < 1.29 is 33.7 Å². The number of hydrogen-bond donors (Lipinski definition) is 2. The van der Waals surface area contributed by atoms with Crippen molar-refractivity contribution in [1.29, 1.82) is 0 Å². The predicted molar refractivity (Wildman–Crippen MR) is 127 cm³/mol. The molecule has 1 atom stereocenters. The average Bonchev–Trinajstić information content (AvgIpc) is 3.17. The average molecular weight is 486 g/mol. The monoisotopic (exact) mass is 485 g/mol. The Labute approximate surface area is 200 Å². The van der Waals surface area contributed by atoms with Crippen LogP contribution in [-0.2, 0) is 14.3 Å². The highest BCUT2D eigenvalue weighted by Crippen LogP contribution is 2.22. The van der Waals surface area contributed by atoms with Gasteiger partial charge in [-0.1, -0.05) is 23.9 Å². The Balaban J connectivity index is 1.41. The van der Waals surface area contributed by atoms with Crippen LogP contribution in [0.4, 0.5) is 0 Å². The van der Waals surface area contributed by atoms with Crippen molar-refractivity contribution in [1.82, 2.24) is 5.32 Å². The molecule has 11 heteroatoms. The molecule has 3 rings (SSSR count). The number of carboxylic acids is 1. The van der Waals surface area contributed by atoms with Gasteiger partial charge in [-0.15, -0.1) is 5.10 Å². The van der Waals surface area contributed by atoms with Crippen LogP contribution in [0.1, 0.15) is 28.8 Å². The molecule has 0 saturated carbocycles. The summed E-state index contributed by atoms with van der Waals surface area (Å²) >= 11 is 1.04. The van der Waals surface area contributed by atoms with E-state index in [4.69, 9.17) is 14.6 Å². The number of hydrogen-bond acceptors (Lipinski definition) is 9. The molecule has 34 heavy (non-hydrogen) atoms. The molecule has 1 saturated heterocycles. The van der Waals surface area contributed by atoms with E-state index in [1.54, 1.807) is 30.3 Å². The molecule has 0 aromatic heterocycles. The van der Waals surface area contributed by atoms with E-state index in [1.807, 2.05) is 18.2 Å². The molecule has 178 valence electrons. The standard InChI is InChI=1S/C23H23N3O7S/c1-31-22(30)16-6-8-17(9-7-16)32-10-3-11-33-18-5-2-4-15(12-18)14-24-26-23-25-21(29)19(34-23)13-20(27)28/h2,4-9,12,14,19H,3,10-11,13H2,1H3,(H,27,28)(H,25,26,29). The zero-order valence-electron chi connectivity index (χ0n) is 18.3. The quantitative estimate of drug-likeness (QED) is 0.215. The summed E-state index contributed by atoms with van der Waals surface area (Å²) in [6.07, 6.45) is 1.89. The molecule has 2 aromatic rings. The van der Waals surface area contributed by atoms with Gasteiger partial charge in [0.25, 0.3) is 0 Å². The lowest BCUT2D eigenvalue weighted by molar-refractivity contribution is -0.138. The summed E-state index contributed by atoms with van der Waals surface area (Å²) in [7, 11) is 1.33. The molecule has 0 radical (unpaired) electrons. The lowest BCUT2D eigenvalue weighted by atomic mass is 10.2. The van der Waals surface area contributed by atoms with Crippen LogP contribution in [0.5, 0.6) is 11.5 Å². The molecule has 2 aromatic carbocycles. The first-order valence-electron chi connectivity index (χ1n) is 10.3. The third-order valence-corrected chi connectivity index (χ3v) is 5.52. The Bertz CT molecular complexity index is 1090. The zero-order valence-corrected chi connectivity index (χ0v) is 19.1. The fraction of sp³-hybridized carbons (Fsp3) is 0.261. The molecule has 1 aliphatic rings. The van der Waals surface area contributed by atoms with E-state index in [0.29, 0.717) is 36.7 Å². The van der Waals surface area contributed by atoms with E-state index in [2.05, 4.69) is 20.3 Å². The number of nitrogens with one attached hydrogen (secondary N) is 1. The Morgan fingerprint density at radius 1 is 1.12 bits per heavy atom. The number of carbonyl (C=O) groups excluding carboxylic acids is 2. The van der Waals surface area contributed by atoms with Crippen molar-refractivity contribution >= 4 is 41.0 Å². The summed E-state index contributed by atoms with van der Waals surface area (Å²) in [5, 5.41) is 18.8. The normalized spacial score (nSPS) is 16.4. The fourth-order valence-corrected chi connectivity index (χ4v) is 3.74. The van der Waals surface area contributed by atoms with Gasteiger partial charge in [0.2, 0.25) is 5.91 Å². The second-order valence-corrected chi connectivity index (χ2v) is 8.17. The van der Waals surface area contributed by atoms with Crippen LogP contribution in [0.15, 0.2) is 58.7 Å². The number of benzene rings is 2. The van der Waals surface area contributed by atoms with Gasteiger partial charge in [0.15, 0.2) is 5.17 Å². The lowest BCUT2D eigenvalue weighted by Gasteiger charge is -2.09. The molecular weight excluding hydrogens is 462 g/mol. The molecule has 1 fully saturated rings. The van der Waals surface area contributed by atoms with Crippen LogP contribution in [-0.4, -0.2) is 59.9 Å². The van der Waals surface area contributed by atoms with Crippen molar-refractivity contribution in [3.63, 3.8) is 0 Å². The SMILES string of the molecule is COC(=O)c1ccc(OCCCOc2cccc(C=NN=C3NC(=O)C(CC(=O)O)S3)c2)cc1. The van der Waals surface area contributed by atoms with Gasteiger partial charge in [0, 0.05) is 6.42 Å². The molecule has 1 amide bonds. The molecule has 1 unspecified atom stereocenters. The first-order chi connectivity index (χ1) is 16.4. The number of carboxylic acid groups (broad SMARTS) is 1. The highest BCUT2D eigenvalue weighted by Gasteiger charge is 2.32. The van der Waals surface area contributed by atoms with Crippen LogP contribution >= 0.6 is 11.8 Å². The second kappa shape index (κ2) is 12.4. The number of aliphatic carboxylic acids is 1. The largest absolute Gasteiger partial charge is 0.493 e. The van der Waals surface area contributed by atoms with Gasteiger partial charge in [0.1, 0.15) is 16.7 Å². The van der Waals surface area contributed by atoms with Gasteiger partial charge in [-0.2, -0.15) is 5.10 Å². The van der Waals surface area contributed by atoms with E-state index >= 15 is 0 Å². The topological polar surface area (TPSA) is 136 Å². The van der Waals surface area contributed by atoms with Crippen LogP contribution < -0.4 is 14.8 Å². The number of esters is 1. The minimum absolute atomic E-state index is 0.264. The summed E-state index contributed by atoms with van der Waals surface area (Å²) in [5.74, 6) is -0.523. The Morgan fingerprint density at radius 2 is 1.85 bits per heavy atom. The number of amidine groups is 1. The van der Waals surface area contributed by atoms with Crippen molar-refractivity contribution in [2.45, 2.75) is 18.1 Å². The Morgan fingerprint density at radius 3 is 2.56 bits per heavy atom. The number of rotatable bonds is 11. The summed E-state index contributed by atoms with van der Waals surface area (Å²) in [6.45, 7) is 0.888. The highest BCUT2D eigenvalue weighted by atomic mass is 32.2. The Kier molecular flexibility index (Phi) is 9.04. The summed E-state index contributed by atoms with van der Waals surface area (Å²) < 4.78 is 16.0. The van der Waals surface area contributed by atoms with E-state index in [-0.39, 0.29) is 17.5 Å². The Hall–Kier alpha value is -3.86. The third kappa shape index (κ3) is 7.62. The van der Waals surface area contributed by atoms with Crippen molar-refractivity contribution in [2.75, 3.05) is 20.3 Å². The van der Waals surface area contributed by atoms with E-state index in [1.165, 1.54) is 13.3 Å². The smallest absolute Gasteiger partial charge is 0.337 e. The van der Waals surface area contributed by atoms with Gasteiger partial charge >= 0.3 is 11.9 Å². The summed E-state index contributed by atoms with van der Waals surface area (Å²) in [4.78, 5) is 33.9. The van der Waals surface area contributed by atoms with Gasteiger partial charge < -0.3 is 24.6 Å². The van der Waals surface area contributed by atoms with Gasteiger partial charge in [-0.05, 0) is 42.0 Å². The lowest BCUT2D eigenvalue weighted by Crippen LogP contribution is -2.26. The molecule has 0 bridgehead atoms.